The highest BCUT2D eigenvalue weighted by Gasteiger charge is 2.24. The first-order valence-corrected chi connectivity index (χ1v) is 11.7. The van der Waals surface area contributed by atoms with Crippen molar-refractivity contribution < 1.29 is 4.79 Å². The molecule has 0 spiro atoms. The van der Waals surface area contributed by atoms with Crippen molar-refractivity contribution in [1.29, 1.82) is 0 Å². The van der Waals surface area contributed by atoms with Crippen molar-refractivity contribution in [2.75, 3.05) is 6.26 Å². The van der Waals surface area contributed by atoms with Crippen LogP contribution in [-0.4, -0.2) is 31.7 Å². The van der Waals surface area contributed by atoms with Crippen LogP contribution in [0.2, 0.25) is 0 Å². The third kappa shape index (κ3) is 4.07. The lowest BCUT2D eigenvalue weighted by molar-refractivity contribution is -0.122. The van der Waals surface area contributed by atoms with E-state index in [-0.39, 0.29) is 24.4 Å². The number of fused-ring (bicyclic) bond motifs is 2. The zero-order valence-corrected chi connectivity index (χ0v) is 18.4. The van der Waals surface area contributed by atoms with Gasteiger partial charge in [-0.3, -0.25) is 4.79 Å². The number of carbonyl (C=O) groups excluding carboxylic acids is 1. The lowest BCUT2D eigenvalue weighted by Crippen LogP contribution is -2.35. The van der Waals surface area contributed by atoms with Gasteiger partial charge in [-0.25, -0.2) is 9.97 Å². The maximum atomic E-state index is 13.1. The Morgan fingerprint density at radius 3 is 2.60 bits per heavy atom. The van der Waals surface area contributed by atoms with Crippen LogP contribution in [0.25, 0.3) is 22.1 Å². The molecule has 2 aromatic carbocycles. The fraction of sp³-hybridized carbons (Fsp3) is 0.348. The molecule has 2 unspecified atom stereocenters. The molecule has 0 saturated carbocycles. The summed E-state index contributed by atoms with van der Waals surface area (Å²) in [6, 6.07) is 15.7. The molecule has 1 amide bonds. The fourth-order valence-corrected chi connectivity index (χ4v) is 4.22. The Morgan fingerprint density at radius 2 is 1.87 bits per heavy atom. The molecule has 2 atom stereocenters. The number of H-pyrrole nitrogens is 1. The van der Waals surface area contributed by atoms with E-state index in [1.807, 2.05) is 59.4 Å². The van der Waals surface area contributed by atoms with Crippen LogP contribution >= 0.6 is 11.8 Å². The van der Waals surface area contributed by atoms with Gasteiger partial charge in [0.25, 0.3) is 0 Å². The molecular weight excluding hydrogens is 394 g/mol. The number of amides is 1. The second-order valence-electron chi connectivity index (χ2n) is 7.61. The van der Waals surface area contributed by atoms with Crippen LogP contribution in [-0.2, 0) is 17.1 Å². The zero-order valence-electron chi connectivity index (χ0n) is 17.6. The van der Waals surface area contributed by atoms with E-state index in [4.69, 9.17) is 9.97 Å². The van der Waals surface area contributed by atoms with Crippen molar-refractivity contribution in [1.82, 2.24) is 24.8 Å². The maximum absolute atomic E-state index is 13.1. The second kappa shape index (κ2) is 8.92. The van der Waals surface area contributed by atoms with Gasteiger partial charge in [0.05, 0.1) is 33.9 Å². The normalized spacial score (nSPS) is 13.6. The molecule has 156 valence electrons. The van der Waals surface area contributed by atoms with Crippen LogP contribution in [0.15, 0.2) is 48.5 Å². The molecule has 30 heavy (non-hydrogen) atoms. The summed E-state index contributed by atoms with van der Waals surface area (Å²) < 4.78 is 2.02. The zero-order chi connectivity index (χ0) is 21.1. The topological polar surface area (TPSA) is 75.6 Å². The monoisotopic (exact) mass is 421 g/mol. The molecule has 0 radical (unpaired) electrons. The van der Waals surface area contributed by atoms with Gasteiger partial charge in [-0.1, -0.05) is 44.5 Å². The molecule has 6 nitrogen and oxygen atoms in total. The van der Waals surface area contributed by atoms with Crippen molar-refractivity contribution >= 4 is 39.7 Å². The van der Waals surface area contributed by atoms with Gasteiger partial charge in [-0.15, -0.1) is 0 Å². The van der Waals surface area contributed by atoms with Crippen LogP contribution in [0, 0.1) is 5.92 Å². The summed E-state index contributed by atoms with van der Waals surface area (Å²) in [7, 11) is 0. The molecule has 4 aromatic rings. The predicted octanol–water partition coefficient (Wildman–Crippen LogP) is 4.68. The molecule has 2 heterocycles. The summed E-state index contributed by atoms with van der Waals surface area (Å²) in [4.78, 5) is 26.0. The van der Waals surface area contributed by atoms with E-state index in [2.05, 4.69) is 24.1 Å². The van der Waals surface area contributed by atoms with E-state index in [1.54, 1.807) is 11.8 Å². The van der Waals surface area contributed by atoms with Gasteiger partial charge in [-0.05, 0) is 36.4 Å². The van der Waals surface area contributed by atoms with E-state index in [9.17, 15) is 4.79 Å². The highest BCUT2D eigenvalue weighted by atomic mass is 32.2. The molecule has 0 fully saturated rings. The molecule has 4 rings (SSSR count). The van der Waals surface area contributed by atoms with E-state index in [0.29, 0.717) is 0 Å². The van der Waals surface area contributed by atoms with Gasteiger partial charge in [0.1, 0.15) is 18.2 Å². The van der Waals surface area contributed by atoms with Gasteiger partial charge >= 0.3 is 0 Å². The minimum Gasteiger partial charge on any atom is -0.344 e. The van der Waals surface area contributed by atoms with Crippen molar-refractivity contribution in [3.8, 4) is 0 Å². The first-order valence-electron chi connectivity index (χ1n) is 10.3. The predicted molar refractivity (Wildman–Crippen MR) is 123 cm³/mol. The Kier molecular flexibility index (Phi) is 6.08. The van der Waals surface area contributed by atoms with Crippen LogP contribution in [0.4, 0.5) is 0 Å². The first-order chi connectivity index (χ1) is 14.6. The van der Waals surface area contributed by atoms with Crippen LogP contribution in [0.5, 0.6) is 0 Å². The van der Waals surface area contributed by atoms with Crippen molar-refractivity contribution in [2.45, 2.75) is 38.6 Å². The quantitative estimate of drug-likeness (QED) is 0.433. The van der Waals surface area contributed by atoms with E-state index >= 15 is 0 Å². The third-order valence-electron chi connectivity index (χ3n) is 5.54. The number of hydrogen-bond donors (Lipinski definition) is 2. The van der Waals surface area contributed by atoms with Gasteiger partial charge in [0.15, 0.2) is 0 Å². The molecular formula is C23H27N5OS. The average molecular weight is 422 g/mol. The van der Waals surface area contributed by atoms with Crippen molar-refractivity contribution in [3.63, 3.8) is 0 Å². The molecule has 0 aliphatic heterocycles. The number of imidazole rings is 2. The number of rotatable bonds is 8. The van der Waals surface area contributed by atoms with Crippen LogP contribution in [0.3, 0.4) is 0 Å². The summed E-state index contributed by atoms with van der Waals surface area (Å²) in [6.07, 6.45) is 2.98. The summed E-state index contributed by atoms with van der Waals surface area (Å²) >= 11 is 1.70. The summed E-state index contributed by atoms with van der Waals surface area (Å²) in [5.74, 6) is 2.70. The lowest BCUT2D eigenvalue weighted by Gasteiger charge is -2.23. The number of nitrogens with zero attached hydrogens (tertiary/aromatic N) is 3. The van der Waals surface area contributed by atoms with Crippen LogP contribution < -0.4 is 5.32 Å². The number of hydrogen-bond acceptors (Lipinski definition) is 4. The third-order valence-corrected chi connectivity index (χ3v) is 6.09. The summed E-state index contributed by atoms with van der Waals surface area (Å²) in [5, 5.41) is 3.23. The number of nitrogens with one attached hydrogen (secondary N) is 2. The highest BCUT2D eigenvalue weighted by molar-refractivity contribution is 7.97. The number of para-hydroxylation sites is 4. The molecule has 2 N–H and O–H groups in total. The Morgan fingerprint density at radius 1 is 1.13 bits per heavy atom. The highest BCUT2D eigenvalue weighted by Crippen LogP contribution is 2.25. The standard InChI is InChI=1S/C23H27N5OS/c1-4-15(2)22(23-25-16-9-5-6-10-17(16)26-23)27-21(29)13-28-19-12-8-7-11-18(19)24-20(28)14-30-3/h5-12,15,22H,4,13-14H2,1-3H3,(H,25,26)(H,27,29). The van der Waals surface area contributed by atoms with E-state index in [0.717, 1.165) is 45.9 Å². The molecule has 0 bridgehead atoms. The van der Waals surface area contributed by atoms with Gasteiger partial charge < -0.3 is 14.9 Å². The van der Waals surface area contributed by atoms with Gasteiger partial charge in [0, 0.05) is 0 Å². The maximum Gasteiger partial charge on any atom is 0.240 e. The summed E-state index contributed by atoms with van der Waals surface area (Å²) in [5.41, 5.74) is 3.81. The number of carbonyl (C=O) groups is 1. The molecule has 0 aliphatic rings. The van der Waals surface area contributed by atoms with Crippen LogP contribution in [0.1, 0.15) is 38.0 Å². The number of benzene rings is 2. The van der Waals surface area contributed by atoms with E-state index < -0.39 is 0 Å². The number of aromatic nitrogens is 4. The molecule has 7 heteroatoms. The fourth-order valence-electron chi connectivity index (χ4n) is 3.74. The largest absolute Gasteiger partial charge is 0.344 e. The van der Waals surface area contributed by atoms with Gasteiger partial charge in [0.2, 0.25) is 5.91 Å². The Bertz CT molecular complexity index is 1130. The minimum atomic E-state index is -0.173. The summed E-state index contributed by atoms with van der Waals surface area (Å²) in [6.45, 7) is 4.51. The first kappa shape index (κ1) is 20.5. The van der Waals surface area contributed by atoms with Crippen molar-refractivity contribution in [3.05, 3.63) is 60.2 Å². The number of thioether (sulfide) groups is 1. The average Bonchev–Trinajstić information content (AvgIpc) is 3.33. The Balaban J connectivity index is 1.61. The Hall–Kier alpha value is -2.80. The van der Waals surface area contributed by atoms with Crippen molar-refractivity contribution in [2.24, 2.45) is 5.92 Å². The SMILES string of the molecule is CCC(C)C(NC(=O)Cn1c(CSC)nc2ccccc21)c1nc2ccccc2[nH]1. The second-order valence-corrected chi connectivity index (χ2v) is 8.47. The molecule has 2 aromatic heterocycles. The smallest absolute Gasteiger partial charge is 0.240 e. The molecule has 0 aliphatic carbocycles. The van der Waals surface area contributed by atoms with E-state index in [1.165, 1.54) is 0 Å². The van der Waals surface area contributed by atoms with Gasteiger partial charge in [-0.2, -0.15) is 11.8 Å². The Labute approximate surface area is 180 Å². The molecule has 0 saturated heterocycles. The lowest BCUT2D eigenvalue weighted by atomic mass is 9.98. The minimum absolute atomic E-state index is 0.0359. The number of aromatic amines is 1.